The van der Waals surface area contributed by atoms with Crippen LogP contribution in [0.1, 0.15) is 32.3 Å². The number of anilines is 2. The first kappa shape index (κ1) is 9.38. The van der Waals surface area contributed by atoms with Gasteiger partial charge in [-0.1, -0.05) is 26.8 Å². The zero-order valence-electron chi connectivity index (χ0n) is 9.09. The molecule has 0 aliphatic carbocycles. The lowest BCUT2D eigenvalue weighted by molar-refractivity contribution is 0.339. The Bertz CT molecular complexity index is 350. The molecule has 0 saturated carbocycles. The first-order valence-corrected chi connectivity index (χ1v) is 5.12. The molecule has 1 heterocycles. The molecule has 0 aromatic heterocycles. The second-order valence-corrected chi connectivity index (χ2v) is 5.15. The van der Waals surface area contributed by atoms with Crippen LogP contribution in [0.3, 0.4) is 0 Å². The highest BCUT2D eigenvalue weighted by atomic mass is 14.9. The summed E-state index contributed by atoms with van der Waals surface area (Å²) in [4.78, 5) is 0. The van der Waals surface area contributed by atoms with Gasteiger partial charge in [0.05, 0.1) is 0 Å². The maximum atomic E-state index is 5.75. The predicted molar refractivity (Wildman–Crippen MR) is 61.5 cm³/mol. The van der Waals surface area contributed by atoms with Crippen LogP contribution < -0.4 is 11.1 Å². The molecule has 0 spiro atoms. The van der Waals surface area contributed by atoms with Crippen molar-refractivity contribution in [3.63, 3.8) is 0 Å². The number of rotatable bonds is 0. The molecule has 2 rings (SSSR count). The van der Waals surface area contributed by atoms with Gasteiger partial charge in [0.15, 0.2) is 0 Å². The first-order valence-electron chi connectivity index (χ1n) is 5.12. The predicted octanol–water partition coefficient (Wildman–Crippen LogP) is 2.82. The SMILES string of the molecule is CC(C)(C)C1CNc2cc(N)ccc21. The summed E-state index contributed by atoms with van der Waals surface area (Å²) < 4.78 is 0. The molecule has 1 aliphatic heterocycles. The summed E-state index contributed by atoms with van der Waals surface area (Å²) in [5, 5.41) is 3.42. The van der Waals surface area contributed by atoms with E-state index in [1.54, 1.807) is 0 Å². The van der Waals surface area contributed by atoms with Gasteiger partial charge in [-0.15, -0.1) is 0 Å². The fraction of sp³-hybridized carbons (Fsp3) is 0.500. The average Bonchev–Trinajstić information content (AvgIpc) is 2.45. The summed E-state index contributed by atoms with van der Waals surface area (Å²) >= 11 is 0. The minimum atomic E-state index is 0.314. The Hall–Kier alpha value is -1.18. The van der Waals surface area contributed by atoms with Crippen LogP contribution in [0.25, 0.3) is 0 Å². The lowest BCUT2D eigenvalue weighted by atomic mass is 9.78. The molecule has 1 aliphatic rings. The molecule has 2 nitrogen and oxygen atoms in total. The molecule has 0 saturated heterocycles. The number of nitrogen functional groups attached to an aromatic ring is 1. The van der Waals surface area contributed by atoms with E-state index < -0.39 is 0 Å². The van der Waals surface area contributed by atoms with Gasteiger partial charge in [0.1, 0.15) is 0 Å². The van der Waals surface area contributed by atoms with Gasteiger partial charge in [0.25, 0.3) is 0 Å². The fourth-order valence-electron chi connectivity index (χ4n) is 2.13. The highest BCUT2D eigenvalue weighted by molar-refractivity contribution is 5.64. The Morgan fingerprint density at radius 3 is 2.71 bits per heavy atom. The Morgan fingerprint density at radius 1 is 1.36 bits per heavy atom. The van der Waals surface area contributed by atoms with Crippen molar-refractivity contribution in [1.82, 2.24) is 0 Å². The van der Waals surface area contributed by atoms with E-state index in [1.165, 1.54) is 11.3 Å². The van der Waals surface area contributed by atoms with Crippen molar-refractivity contribution in [1.29, 1.82) is 0 Å². The van der Waals surface area contributed by atoms with Crippen molar-refractivity contribution in [3.8, 4) is 0 Å². The molecule has 0 fully saturated rings. The van der Waals surface area contributed by atoms with Gasteiger partial charge in [0, 0.05) is 23.8 Å². The van der Waals surface area contributed by atoms with E-state index in [2.05, 4.69) is 32.2 Å². The fourth-order valence-corrected chi connectivity index (χ4v) is 2.13. The standard InChI is InChI=1S/C12H18N2/c1-12(2,3)10-7-14-11-6-8(13)4-5-9(10)11/h4-6,10,14H,7,13H2,1-3H3. The van der Waals surface area contributed by atoms with Crippen molar-refractivity contribution >= 4 is 11.4 Å². The molecule has 0 amide bonds. The monoisotopic (exact) mass is 190 g/mol. The molecule has 14 heavy (non-hydrogen) atoms. The van der Waals surface area contributed by atoms with E-state index >= 15 is 0 Å². The van der Waals surface area contributed by atoms with Crippen molar-refractivity contribution in [2.75, 3.05) is 17.6 Å². The van der Waals surface area contributed by atoms with E-state index in [9.17, 15) is 0 Å². The van der Waals surface area contributed by atoms with Gasteiger partial charge in [-0.2, -0.15) is 0 Å². The van der Waals surface area contributed by atoms with Crippen LogP contribution in [0, 0.1) is 5.41 Å². The van der Waals surface area contributed by atoms with Crippen LogP contribution in [0.2, 0.25) is 0 Å². The van der Waals surface area contributed by atoms with E-state index in [4.69, 9.17) is 5.73 Å². The van der Waals surface area contributed by atoms with Crippen LogP contribution in [-0.2, 0) is 0 Å². The molecular formula is C12H18N2. The van der Waals surface area contributed by atoms with E-state index in [0.29, 0.717) is 11.3 Å². The lowest BCUT2D eigenvalue weighted by Crippen LogP contribution is -2.19. The number of fused-ring (bicyclic) bond motifs is 1. The Balaban J connectivity index is 2.41. The molecule has 1 aromatic rings. The van der Waals surface area contributed by atoms with Gasteiger partial charge < -0.3 is 11.1 Å². The second kappa shape index (κ2) is 2.91. The maximum absolute atomic E-state index is 5.75. The lowest BCUT2D eigenvalue weighted by Gasteiger charge is -2.26. The number of hydrogen-bond donors (Lipinski definition) is 2. The van der Waals surface area contributed by atoms with Gasteiger partial charge in [-0.25, -0.2) is 0 Å². The molecule has 0 radical (unpaired) electrons. The molecule has 3 N–H and O–H groups in total. The Morgan fingerprint density at radius 2 is 2.07 bits per heavy atom. The summed E-state index contributed by atoms with van der Waals surface area (Å²) in [6.07, 6.45) is 0. The second-order valence-electron chi connectivity index (χ2n) is 5.15. The van der Waals surface area contributed by atoms with Gasteiger partial charge in [0.2, 0.25) is 0 Å². The largest absolute Gasteiger partial charge is 0.399 e. The zero-order valence-corrected chi connectivity index (χ0v) is 9.09. The van der Waals surface area contributed by atoms with Crippen LogP contribution in [0.5, 0.6) is 0 Å². The Labute approximate surface area is 85.5 Å². The topological polar surface area (TPSA) is 38.0 Å². The summed E-state index contributed by atoms with van der Waals surface area (Å²) in [6, 6.07) is 6.17. The molecule has 2 heteroatoms. The van der Waals surface area contributed by atoms with Crippen LogP contribution in [-0.4, -0.2) is 6.54 Å². The highest BCUT2D eigenvalue weighted by Crippen LogP contribution is 2.43. The number of nitrogens with two attached hydrogens (primary N) is 1. The van der Waals surface area contributed by atoms with Gasteiger partial charge >= 0.3 is 0 Å². The van der Waals surface area contributed by atoms with Gasteiger partial charge in [-0.05, 0) is 23.1 Å². The molecule has 76 valence electrons. The average molecular weight is 190 g/mol. The third kappa shape index (κ3) is 1.45. The van der Waals surface area contributed by atoms with Crippen molar-refractivity contribution in [2.24, 2.45) is 5.41 Å². The van der Waals surface area contributed by atoms with E-state index in [-0.39, 0.29) is 0 Å². The maximum Gasteiger partial charge on any atom is 0.0397 e. The van der Waals surface area contributed by atoms with Crippen LogP contribution >= 0.6 is 0 Å². The quantitative estimate of drug-likeness (QED) is 0.617. The minimum Gasteiger partial charge on any atom is -0.399 e. The third-order valence-electron chi connectivity index (χ3n) is 2.99. The normalized spacial score (nSPS) is 20.4. The minimum absolute atomic E-state index is 0.314. The number of hydrogen-bond acceptors (Lipinski definition) is 2. The molecule has 0 bridgehead atoms. The van der Waals surface area contributed by atoms with Crippen molar-refractivity contribution < 1.29 is 0 Å². The number of benzene rings is 1. The van der Waals surface area contributed by atoms with Crippen LogP contribution in [0.4, 0.5) is 11.4 Å². The first-order chi connectivity index (χ1) is 6.48. The van der Waals surface area contributed by atoms with E-state index in [1.807, 2.05) is 12.1 Å². The van der Waals surface area contributed by atoms with Gasteiger partial charge in [-0.3, -0.25) is 0 Å². The van der Waals surface area contributed by atoms with E-state index in [0.717, 1.165) is 12.2 Å². The third-order valence-corrected chi connectivity index (χ3v) is 2.99. The molecule has 1 aromatic carbocycles. The zero-order chi connectivity index (χ0) is 10.3. The smallest absolute Gasteiger partial charge is 0.0397 e. The number of nitrogens with one attached hydrogen (secondary N) is 1. The van der Waals surface area contributed by atoms with Crippen LogP contribution in [0.15, 0.2) is 18.2 Å². The summed E-state index contributed by atoms with van der Waals surface area (Å²) in [5.74, 6) is 0.595. The van der Waals surface area contributed by atoms with Crippen molar-refractivity contribution in [3.05, 3.63) is 23.8 Å². The molecular weight excluding hydrogens is 172 g/mol. The Kier molecular flexibility index (Phi) is 1.95. The summed E-state index contributed by atoms with van der Waals surface area (Å²) in [7, 11) is 0. The van der Waals surface area contributed by atoms with Crippen molar-refractivity contribution in [2.45, 2.75) is 26.7 Å². The molecule has 1 unspecified atom stereocenters. The highest BCUT2D eigenvalue weighted by Gasteiger charge is 2.31. The molecule has 1 atom stereocenters. The summed E-state index contributed by atoms with van der Waals surface area (Å²) in [5.41, 5.74) is 9.52. The summed E-state index contributed by atoms with van der Waals surface area (Å²) in [6.45, 7) is 7.88.